The number of hydrogen-bond donors (Lipinski definition) is 0. The number of ether oxygens (including phenoxy) is 1. The Balaban J connectivity index is 2.62. The number of esters is 1. The van der Waals surface area contributed by atoms with E-state index in [2.05, 4.69) is 20.7 Å². The molecule has 0 saturated heterocycles. The lowest BCUT2D eigenvalue weighted by Gasteiger charge is -1.92. The molecular formula is C10H7BrO3. The molecule has 0 N–H and O–H groups in total. The zero-order valence-electron chi connectivity index (χ0n) is 7.41. The third-order valence-corrected chi connectivity index (χ3v) is 2.51. The van der Waals surface area contributed by atoms with Crippen molar-refractivity contribution < 1.29 is 13.9 Å². The summed E-state index contributed by atoms with van der Waals surface area (Å²) < 4.78 is 10.7. The van der Waals surface area contributed by atoms with E-state index < -0.39 is 5.97 Å². The Labute approximate surface area is 88.8 Å². The standard InChI is InChI=1S/C10H7BrO3/c1-13-10(12)8-5-6-3-2-4-7(11)9(6)14-8/h2-5H,1H3. The number of methoxy groups -OCH3 is 1. The van der Waals surface area contributed by atoms with E-state index in [1.807, 2.05) is 18.2 Å². The Morgan fingerprint density at radius 2 is 2.29 bits per heavy atom. The molecule has 0 aliphatic carbocycles. The van der Waals surface area contributed by atoms with Gasteiger partial charge in [0.1, 0.15) is 5.58 Å². The summed E-state index contributed by atoms with van der Waals surface area (Å²) in [7, 11) is 1.32. The number of fused-ring (bicyclic) bond motifs is 1. The minimum atomic E-state index is -0.465. The summed E-state index contributed by atoms with van der Waals surface area (Å²) in [6.07, 6.45) is 0. The van der Waals surface area contributed by atoms with Crippen molar-refractivity contribution >= 4 is 32.9 Å². The summed E-state index contributed by atoms with van der Waals surface area (Å²) in [5.41, 5.74) is 0.660. The molecule has 0 saturated carbocycles. The van der Waals surface area contributed by atoms with Crippen LogP contribution in [0.4, 0.5) is 0 Å². The van der Waals surface area contributed by atoms with Crippen molar-refractivity contribution in [2.45, 2.75) is 0 Å². The molecule has 2 aromatic rings. The maximum atomic E-state index is 11.2. The van der Waals surface area contributed by atoms with Crippen molar-refractivity contribution in [1.82, 2.24) is 0 Å². The lowest BCUT2D eigenvalue weighted by molar-refractivity contribution is 0.0567. The van der Waals surface area contributed by atoms with Gasteiger partial charge in [-0.2, -0.15) is 0 Å². The van der Waals surface area contributed by atoms with Crippen LogP contribution in [0.2, 0.25) is 0 Å². The number of rotatable bonds is 1. The topological polar surface area (TPSA) is 39.4 Å². The van der Waals surface area contributed by atoms with E-state index >= 15 is 0 Å². The second-order valence-electron chi connectivity index (χ2n) is 2.76. The van der Waals surface area contributed by atoms with Gasteiger partial charge in [-0.1, -0.05) is 12.1 Å². The van der Waals surface area contributed by atoms with Gasteiger partial charge in [0.25, 0.3) is 0 Å². The second-order valence-corrected chi connectivity index (χ2v) is 3.61. The number of carbonyl (C=O) groups is 1. The summed E-state index contributed by atoms with van der Waals surface area (Å²) in [6.45, 7) is 0. The Morgan fingerprint density at radius 1 is 1.50 bits per heavy atom. The number of furan rings is 1. The van der Waals surface area contributed by atoms with Gasteiger partial charge in [-0.25, -0.2) is 4.79 Å². The van der Waals surface area contributed by atoms with Crippen LogP contribution in [-0.2, 0) is 4.74 Å². The van der Waals surface area contributed by atoms with Gasteiger partial charge >= 0.3 is 5.97 Å². The average Bonchev–Trinajstić information content (AvgIpc) is 2.62. The molecule has 0 spiro atoms. The Morgan fingerprint density at radius 3 is 2.93 bits per heavy atom. The van der Waals surface area contributed by atoms with Gasteiger partial charge in [-0.15, -0.1) is 0 Å². The van der Waals surface area contributed by atoms with E-state index in [9.17, 15) is 4.79 Å². The predicted octanol–water partition coefficient (Wildman–Crippen LogP) is 2.98. The molecule has 1 aromatic carbocycles. The highest BCUT2D eigenvalue weighted by molar-refractivity contribution is 9.10. The first-order valence-corrected chi connectivity index (χ1v) is 4.78. The molecule has 1 aromatic heterocycles. The zero-order valence-corrected chi connectivity index (χ0v) is 9.00. The van der Waals surface area contributed by atoms with Crippen molar-refractivity contribution in [3.8, 4) is 0 Å². The largest absolute Gasteiger partial charge is 0.463 e. The lowest BCUT2D eigenvalue weighted by Crippen LogP contribution is -1.97. The third-order valence-electron chi connectivity index (χ3n) is 1.88. The van der Waals surface area contributed by atoms with Crippen LogP contribution in [-0.4, -0.2) is 13.1 Å². The summed E-state index contributed by atoms with van der Waals surface area (Å²) in [5, 5.41) is 0.875. The van der Waals surface area contributed by atoms with Gasteiger partial charge in [-0.05, 0) is 28.1 Å². The van der Waals surface area contributed by atoms with E-state index in [4.69, 9.17) is 4.42 Å². The predicted molar refractivity (Wildman–Crippen MR) is 55.3 cm³/mol. The summed E-state index contributed by atoms with van der Waals surface area (Å²) in [6, 6.07) is 7.26. The molecule has 0 aliphatic rings. The quantitative estimate of drug-likeness (QED) is 0.735. The second kappa shape index (κ2) is 3.46. The van der Waals surface area contributed by atoms with E-state index in [1.54, 1.807) is 6.07 Å². The van der Waals surface area contributed by atoms with Crippen molar-refractivity contribution in [2.75, 3.05) is 7.11 Å². The molecule has 1 heterocycles. The molecule has 0 aliphatic heterocycles. The van der Waals surface area contributed by atoms with Crippen LogP contribution in [0.15, 0.2) is 33.2 Å². The molecule has 0 radical (unpaired) electrons. The molecule has 0 fully saturated rings. The molecule has 0 bridgehead atoms. The molecule has 72 valence electrons. The van der Waals surface area contributed by atoms with Crippen LogP contribution in [0.25, 0.3) is 11.0 Å². The monoisotopic (exact) mass is 254 g/mol. The fourth-order valence-corrected chi connectivity index (χ4v) is 1.69. The summed E-state index contributed by atoms with van der Waals surface area (Å²) in [5.74, 6) is -0.248. The third kappa shape index (κ3) is 1.42. The van der Waals surface area contributed by atoms with Crippen LogP contribution in [0, 0.1) is 0 Å². The highest BCUT2D eigenvalue weighted by atomic mass is 79.9. The summed E-state index contributed by atoms with van der Waals surface area (Å²) in [4.78, 5) is 11.2. The van der Waals surface area contributed by atoms with Crippen molar-refractivity contribution in [2.24, 2.45) is 0 Å². The van der Waals surface area contributed by atoms with Gasteiger partial charge in [0.15, 0.2) is 0 Å². The van der Waals surface area contributed by atoms with E-state index in [-0.39, 0.29) is 5.76 Å². The number of hydrogen-bond acceptors (Lipinski definition) is 3. The first-order chi connectivity index (χ1) is 6.72. The highest BCUT2D eigenvalue weighted by Crippen LogP contribution is 2.27. The SMILES string of the molecule is COC(=O)c1cc2cccc(Br)c2o1. The molecular weight excluding hydrogens is 248 g/mol. The Kier molecular flexibility index (Phi) is 2.29. The Bertz CT molecular complexity index is 487. The van der Waals surface area contributed by atoms with Gasteiger partial charge in [0.2, 0.25) is 5.76 Å². The first kappa shape index (κ1) is 9.27. The maximum Gasteiger partial charge on any atom is 0.373 e. The van der Waals surface area contributed by atoms with Crippen LogP contribution >= 0.6 is 15.9 Å². The van der Waals surface area contributed by atoms with Crippen LogP contribution in [0.5, 0.6) is 0 Å². The van der Waals surface area contributed by atoms with Crippen LogP contribution < -0.4 is 0 Å². The number of para-hydroxylation sites is 1. The van der Waals surface area contributed by atoms with Crippen LogP contribution in [0.3, 0.4) is 0 Å². The number of halogens is 1. The molecule has 14 heavy (non-hydrogen) atoms. The number of benzene rings is 1. The lowest BCUT2D eigenvalue weighted by atomic mass is 10.2. The smallest absolute Gasteiger partial charge is 0.373 e. The fourth-order valence-electron chi connectivity index (χ4n) is 1.23. The summed E-state index contributed by atoms with van der Waals surface area (Å²) >= 11 is 3.34. The van der Waals surface area contributed by atoms with Crippen molar-refractivity contribution in [3.05, 3.63) is 34.5 Å². The first-order valence-electron chi connectivity index (χ1n) is 3.99. The van der Waals surface area contributed by atoms with E-state index in [1.165, 1.54) is 7.11 Å². The normalized spacial score (nSPS) is 10.4. The Hall–Kier alpha value is -1.29. The average molecular weight is 255 g/mol. The van der Waals surface area contributed by atoms with Gasteiger partial charge in [-0.3, -0.25) is 0 Å². The molecule has 0 amide bonds. The van der Waals surface area contributed by atoms with Gasteiger partial charge in [0, 0.05) is 5.39 Å². The molecule has 2 rings (SSSR count). The zero-order chi connectivity index (χ0) is 10.1. The fraction of sp³-hybridized carbons (Fsp3) is 0.100. The molecule has 0 unspecified atom stereocenters. The van der Waals surface area contributed by atoms with Gasteiger partial charge < -0.3 is 9.15 Å². The van der Waals surface area contributed by atoms with Gasteiger partial charge in [0.05, 0.1) is 11.6 Å². The minimum Gasteiger partial charge on any atom is -0.463 e. The molecule has 0 atom stereocenters. The molecule has 4 heteroatoms. The van der Waals surface area contributed by atoms with Crippen molar-refractivity contribution in [3.63, 3.8) is 0 Å². The maximum absolute atomic E-state index is 11.2. The number of carbonyl (C=O) groups excluding carboxylic acids is 1. The van der Waals surface area contributed by atoms with Crippen LogP contribution in [0.1, 0.15) is 10.6 Å². The minimum absolute atomic E-state index is 0.217. The van der Waals surface area contributed by atoms with E-state index in [0.717, 1.165) is 9.86 Å². The highest BCUT2D eigenvalue weighted by Gasteiger charge is 2.13. The molecule has 3 nitrogen and oxygen atoms in total. The van der Waals surface area contributed by atoms with E-state index in [0.29, 0.717) is 5.58 Å². The van der Waals surface area contributed by atoms with Crippen molar-refractivity contribution in [1.29, 1.82) is 0 Å².